The average Bonchev–Trinajstić information content (AvgIpc) is 3.07. The van der Waals surface area contributed by atoms with Crippen molar-refractivity contribution >= 4 is 0 Å². The molecule has 0 fully saturated rings. The van der Waals surface area contributed by atoms with Gasteiger partial charge in [0.15, 0.2) is 0 Å². The maximum Gasteiger partial charge on any atom is 0.0786 e. The largest absolute Gasteiger partial charge is 2.00 e. The fourth-order valence-electron chi connectivity index (χ4n) is 5.29. The molecule has 300 valence electrons. The monoisotopic (exact) mass is 1030 g/mol. The Morgan fingerprint density at radius 1 is 0.255 bits per heavy atom. The predicted octanol–water partition coefficient (Wildman–Crippen LogP) is 0.134. The van der Waals surface area contributed by atoms with Crippen LogP contribution in [0, 0.1) is 0 Å². The van der Waals surface area contributed by atoms with Gasteiger partial charge in [-0.05, 0) is 51.4 Å². The molecule has 0 aliphatic heterocycles. The second-order valence-corrected chi connectivity index (χ2v) is 11.3. The normalized spacial score (nSPS) is 9.19. The summed E-state index contributed by atoms with van der Waals surface area (Å²) in [5.41, 5.74) is 0. The van der Waals surface area contributed by atoms with Crippen LogP contribution in [0.4, 0.5) is 0 Å². The zero-order chi connectivity index (χ0) is 34.0. The Hall–Kier alpha value is 0.857. The summed E-state index contributed by atoms with van der Waals surface area (Å²) in [6, 6.07) is 0. The van der Waals surface area contributed by atoms with Crippen LogP contribution in [0.1, 0.15) is 158 Å². The van der Waals surface area contributed by atoms with E-state index in [4.69, 9.17) is 42.1 Å². The molecule has 0 aromatic carbocycles. The molecule has 0 aromatic heterocycles. The predicted molar refractivity (Wildman–Crippen MR) is 161 cm³/mol. The molecule has 0 saturated carbocycles. The minimum atomic E-state index is 0. The van der Waals surface area contributed by atoms with Gasteiger partial charge in [-0.2, -0.15) is 0 Å². The first-order valence-corrected chi connectivity index (χ1v) is 16.9. The van der Waals surface area contributed by atoms with Crippen molar-refractivity contribution in [1.82, 2.24) is 0 Å². The van der Waals surface area contributed by atoms with Gasteiger partial charge >= 0.3 is 0 Å². The molecule has 0 spiro atoms. The van der Waals surface area contributed by atoms with Crippen LogP contribution in [0.15, 0.2) is 0 Å². The molecule has 47 heavy (non-hydrogen) atoms. The van der Waals surface area contributed by atoms with Crippen molar-refractivity contribution in [3.8, 4) is 0 Å². The third-order valence-corrected chi connectivity index (χ3v) is 7.89. The summed E-state index contributed by atoms with van der Waals surface area (Å²) in [5, 5.41) is 56.0. The van der Waals surface area contributed by atoms with E-state index in [0.717, 1.165) is 0 Å². The van der Waals surface area contributed by atoms with Crippen LogP contribution in [-0.4, -0.2) is 61.3 Å². The van der Waals surface area contributed by atoms with E-state index in [1.807, 2.05) is 0 Å². The average molecular weight is 1030 g/mol. The zero-order valence-corrected chi connectivity index (χ0v) is 37.0. The van der Waals surface area contributed by atoms with Crippen LogP contribution in [0.25, 0.3) is 0 Å². The van der Waals surface area contributed by atoms with Crippen LogP contribution in [0.3, 0.4) is 0 Å². The second-order valence-electron chi connectivity index (χ2n) is 11.3. The number of unbranched alkanes of at least 4 members (excludes halogenated alkanes) is 8. The fourth-order valence-corrected chi connectivity index (χ4v) is 5.29. The number of quaternary nitrogens is 2. The van der Waals surface area contributed by atoms with E-state index in [1.165, 1.54) is 164 Å². The fraction of sp³-hybridized carbons (Fsp3) is 1.00. The van der Waals surface area contributed by atoms with E-state index in [1.54, 1.807) is 0 Å². The van der Waals surface area contributed by atoms with E-state index < -0.39 is 0 Å². The summed E-state index contributed by atoms with van der Waals surface area (Å²) in [6.07, 6.45) is 22.1. The Bertz CT molecular complexity index is 316. The summed E-state index contributed by atoms with van der Waals surface area (Å²) >= 11 is 0. The first kappa shape index (κ1) is 77.3. The molecule has 0 heterocycles. The van der Waals surface area contributed by atoms with Gasteiger partial charge in [-0.1, -0.05) is 107 Å². The first-order valence-electron chi connectivity index (χ1n) is 16.9. The van der Waals surface area contributed by atoms with E-state index in [2.05, 4.69) is 55.4 Å². The summed E-state index contributed by atoms with van der Waals surface area (Å²) in [6.45, 7) is 30.0. The molecule has 0 N–H and O–H groups in total. The SMILES string of the molecule is CCCC[N+](CCCC)(CCCC)CCCC.CCCC[N+](CCCC)(CCCC)CCCC.[O-2].[O-2].[O-2].[O-][O-].[O-][O-].[O-][O-].[O-][O-].[W].[W]. The molecule has 0 amide bonds. The van der Waals surface area contributed by atoms with Gasteiger partial charge in [0, 0.05) is 42.1 Å². The molecule has 0 unspecified atom stereocenters. The van der Waals surface area contributed by atoms with Crippen molar-refractivity contribution in [1.29, 1.82) is 0 Å². The maximum absolute atomic E-state index is 7.00. The molecule has 0 atom stereocenters. The second kappa shape index (κ2) is 72.5. The number of nitrogens with zero attached hydrogens (tertiary/aromatic N) is 2. The number of hydrogen-bond acceptors (Lipinski definition) is 8. The van der Waals surface area contributed by atoms with Crippen LogP contribution >= 0.6 is 0 Å². The van der Waals surface area contributed by atoms with E-state index in [9.17, 15) is 0 Å². The Balaban J connectivity index is -0.0000000462. The van der Waals surface area contributed by atoms with Crippen molar-refractivity contribution in [2.75, 3.05) is 52.4 Å². The molecule has 0 aromatic rings. The molecule has 13 nitrogen and oxygen atoms in total. The molecule has 0 radical (unpaired) electrons. The third kappa shape index (κ3) is 56.5. The van der Waals surface area contributed by atoms with Gasteiger partial charge in [0.1, 0.15) is 0 Å². The molecule has 0 aliphatic carbocycles. The van der Waals surface area contributed by atoms with Crippen LogP contribution in [-0.2, 0) is 58.6 Å². The number of hydrogen-bond donors (Lipinski definition) is 0. The van der Waals surface area contributed by atoms with Crippen LogP contribution in [0.2, 0.25) is 0 Å². The van der Waals surface area contributed by atoms with Gasteiger partial charge in [0.05, 0.1) is 52.4 Å². The van der Waals surface area contributed by atoms with Gasteiger partial charge in [0.25, 0.3) is 0 Å². The van der Waals surface area contributed by atoms with Crippen LogP contribution < -0.4 is 42.1 Å². The van der Waals surface area contributed by atoms with Crippen molar-refractivity contribution in [2.45, 2.75) is 158 Å². The summed E-state index contributed by atoms with van der Waals surface area (Å²) in [7, 11) is 0. The van der Waals surface area contributed by atoms with Gasteiger partial charge in [-0.15, -0.1) is 0 Å². The van der Waals surface area contributed by atoms with Crippen molar-refractivity contribution in [3.63, 3.8) is 0 Å². The van der Waals surface area contributed by atoms with Gasteiger partial charge in [-0.3, -0.25) is 0 Å². The maximum atomic E-state index is 7.00. The Morgan fingerprint density at radius 3 is 0.404 bits per heavy atom. The summed E-state index contributed by atoms with van der Waals surface area (Å²) in [4.78, 5) is 0. The van der Waals surface area contributed by atoms with E-state index >= 15 is 0 Å². The number of rotatable bonds is 24. The minimum absolute atomic E-state index is 0. The quantitative estimate of drug-likeness (QED) is 0.0727. The summed E-state index contributed by atoms with van der Waals surface area (Å²) < 4.78 is 2.84. The Labute approximate surface area is 318 Å². The van der Waals surface area contributed by atoms with Crippen molar-refractivity contribution < 1.29 is 110 Å². The molecule has 0 aliphatic rings. The minimum Gasteiger partial charge on any atom is -2.00 e. The van der Waals surface area contributed by atoms with E-state index in [-0.39, 0.29) is 58.6 Å². The molecular weight excluding hydrogens is 956 g/mol. The van der Waals surface area contributed by atoms with Gasteiger partial charge < -0.3 is 67.5 Å². The Morgan fingerprint density at radius 2 is 0.340 bits per heavy atom. The Kier molecular flexibility index (Phi) is 119. The zero-order valence-electron chi connectivity index (χ0n) is 31.2. The van der Waals surface area contributed by atoms with Crippen LogP contribution in [0.5, 0.6) is 0 Å². The molecule has 0 saturated heterocycles. The molecular formula is C32H72N2O11W2-12. The van der Waals surface area contributed by atoms with Gasteiger partial charge in [-0.25, -0.2) is 0 Å². The van der Waals surface area contributed by atoms with E-state index in [0.29, 0.717) is 0 Å². The third-order valence-electron chi connectivity index (χ3n) is 7.89. The van der Waals surface area contributed by atoms with Crippen molar-refractivity contribution in [3.05, 3.63) is 0 Å². The molecule has 0 bridgehead atoms. The molecule has 0 rings (SSSR count). The topological polar surface area (TPSA) is 270 Å². The smallest absolute Gasteiger partial charge is 0.0786 e. The summed E-state index contributed by atoms with van der Waals surface area (Å²) in [5.74, 6) is 0. The standard InChI is InChI=1S/2C16H36N.4O2.3O.2W/c2*1-5-9-13-17(14-10-6-2,15-11-7-3)16-12-8-4;4*1-2;;;;;/h2*5-16H2,1-4H3;;;;;;;;;/q2*+1;7*-2;;. The van der Waals surface area contributed by atoms with Gasteiger partial charge in [0.2, 0.25) is 0 Å². The molecule has 15 heteroatoms. The first-order chi connectivity index (χ1) is 20.5. The van der Waals surface area contributed by atoms with Crippen molar-refractivity contribution in [2.24, 2.45) is 0 Å².